The number of hydrogen-bond donors (Lipinski definition) is 2. The molecule has 0 saturated carbocycles. The molecule has 0 radical (unpaired) electrons. The zero-order valence-corrected chi connectivity index (χ0v) is 12.8. The van der Waals surface area contributed by atoms with Crippen molar-refractivity contribution in [2.24, 2.45) is 5.41 Å². The average Bonchev–Trinajstić information content (AvgIpc) is 2.40. The number of carbonyl (C=O) groups excluding carboxylic acids is 1. The van der Waals surface area contributed by atoms with Crippen LogP contribution in [0.25, 0.3) is 0 Å². The molecule has 5 heteroatoms. The molecule has 1 fully saturated rings. The van der Waals surface area contributed by atoms with Crippen LogP contribution in [0.2, 0.25) is 0 Å². The van der Waals surface area contributed by atoms with Gasteiger partial charge in [0.1, 0.15) is 5.82 Å². The molecule has 1 heterocycles. The number of nitrogens with one attached hydrogen (secondary N) is 2. The molecular formula is C15H22ClFN2O. The van der Waals surface area contributed by atoms with Crippen molar-refractivity contribution in [1.29, 1.82) is 0 Å². The van der Waals surface area contributed by atoms with E-state index in [1.54, 1.807) is 19.1 Å². The standard InChI is InChI=1S/C15H21FN2O.ClH/c1-11-4-5-12(8-13(11)16)14(19)18-10-15(2)6-3-7-17-9-15;/h4-5,8,17H,3,6-7,9-10H2,1-2H3,(H,18,19);1H. The van der Waals surface area contributed by atoms with E-state index in [1.165, 1.54) is 6.07 Å². The van der Waals surface area contributed by atoms with E-state index in [-0.39, 0.29) is 29.5 Å². The zero-order valence-electron chi connectivity index (χ0n) is 12.0. The fourth-order valence-corrected chi connectivity index (χ4v) is 2.40. The van der Waals surface area contributed by atoms with Gasteiger partial charge in [0.15, 0.2) is 0 Å². The van der Waals surface area contributed by atoms with E-state index in [0.717, 1.165) is 25.9 Å². The Kier molecular flexibility index (Phi) is 5.96. The zero-order chi connectivity index (χ0) is 13.9. The lowest BCUT2D eigenvalue weighted by atomic mass is 9.83. The van der Waals surface area contributed by atoms with Gasteiger partial charge in [0.2, 0.25) is 0 Å². The number of carbonyl (C=O) groups is 1. The van der Waals surface area contributed by atoms with Crippen LogP contribution in [0.4, 0.5) is 4.39 Å². The van der Waals surface area contributed by atoms with Crippen LogP contribution >= 0.6 is 12.4 Å². The number of hydrogen-bond acceptors (Lipinski definition) is 2. The van der Waals surface area contributed by atoms with Gasteiger partial charge in [0.05, 0.1) is 0 Å². The summed E-state index contributed by atoms with van der Waals surface area (Å²) in [6.07, 6.45) is 2.23. The fourth-order valence-electron chi connectivity index (χ4n) is 2.40. The molecular weight excluding hydrogens is 279 g/mol. The summed E-state index contributed by atoms with van der Waals surface area (Å²) < 4.78 is 13.4. The predicted molar refractivity (Wildman–Crippen MR) is 80.9 cm³/mol. The highest BCUT2D eigenvalue weighted by Crippen LogP contribution is 2.24. The van der Waals surface area contributed by atoms with Crippen LogP contribution in [0, 0.1) is 18.2 Å². The SMILES string of the molecule is Cc1ccc(C(=O)NCC2(C)CCCNC2)cc1F.Cl. The second-order valence-electron chi connectivity index (χ2n) is 5.74. The van der Waals surface area contributed by atoms with Crippen molar-refractivity contribution in [3.05, 3.63) is 35.1 Å². The van der Waals surface area contributed by atoms with Gasteiger partial charge in [-0.15, -0.1) is 12.4 Å². The molecule has 2 N–H and O–H groups in total. The third-order valence-corrected chi connectivity index (χ3v) is 3.80. The monoisotopic (exact) mass is 300 g/mol. The quantitative estimate of drug-likeness (QED) is 0.901. The number of halogens is 2. The molecule has 0 aliphatic carbocycles. The molecule has 1 aliphatic heterocycles. The Morgan fingerprint density at radius 2 is 2.25 bits per heavy atom. The normalized spacial score (nSPS) is 21.9. The lowest BCUT2D eigenvalue weighted by Gasteiger charge is -2.34. The van der Waals surface area contributed by atoms with Crippen LogP contribution in [-0.2, 0) is 0 Å². The topological polar surface area (TPSA) is 41.1 Å². The molecule has 112 valence electrons. The van der Waals surface area contributed by atoms with Crippen molar-refractivity contribution >= 4 is 18.3 Å². The van der Waals surface area contributed by atoms with Crippen LogP contribution in [0.3, 0.4) is 0 Å². The predicted octanol–water partition coefficient (Wildman–Crippen LogP) is 2.68. The van der Waals surface area contributed by atoms with Crippen molar-refractivity contribution in [1.82, 2.24) is 10.6 Å². The van der Waals surface area contributed by atoms with Crippen molar-refractivity contribution in [3.63, 3.8) is 0 Å². The molecule has 2 rings (SSSR count). The smallest absolute Gasteiger partial charge is 0.251 e. The summed E-state index contributed by atoms with van der Waals surface area (Å²) in [5.74, 6) is -0.538. The summed E-state index contributed by atoms with van der Waals surface area (Å²) in [5, 5.41) is 6.25. The lowest BCUT2D eigenvalue weighted by molar-refractivity contribution is 0.0924. The Hall–Kier alpha value is -1.13. The maximum absolute atomic E-state index is 13.4. The van der Waals surface area contributed by atoms with Crippen LogP contribution in [0.5, 0.6) is 0 Å². The van der Waals surface area contributed by atoms with Gasteiger partial charge >= 0.3 is 0 Å². The minimum absolute atomic E-state index is 0. The van der Waals surface area contributed by atoms with E-state index >= 15 is 0 Å². The van der Waals surface area contributed by atoms with E-state index in [0.29, 0.717) is 17.7 Å². The van der Waals surface area contributed by atoms with E-state index in [9.17, 15) is 9.18 Å². The third-order valence-electron chi connectivity index (χ3n) is 3.80. The molecule has 0 spiro atoms. The Morgan fingerprint density at radius 1 is 1.50 bits per heavy atom. The maximum Gasteiger partial charge on any atom is 0.251 e. The Labute approximate surface area is 125 Å². The molecule has 1 atom stereocenters. The maximum atomic E-state index is 13.4. The van der Waals surface area contributed by atoms with Crippen LogP contribution < -0.4 is 10.6 Å². The van der Waals surface area contributed by atoms with Gasteiger partial charge in [-0.3, -0.25) is 4.79 Å². The molecule has 1 saturated heterocycles. The molecule has 1 aliphatic rings. The van der Waals surface area contributed by atoms with Gasteiger partial charge in [-0.2, -0.15) is 0 Å². The minimum Gasteiger partial charge on any atom is -0.351 e. The van der Waals surface area contributed by atoms with E-state index in [1.807, 2.05) is 0 Å². The Balaban J connectivity index is 0.00000200. The second kappa shape index (κ2) is 7.04. The molecule has 1 aromatic rings. The number of aryl methyl sites for hydroxylation is 1. The highest BCUT2D eigenvalue weighted by Gasteiger charge is 2.27. The van der Waals surface area contributed by atoms with E-state index in [4.69, 9.17) is 0 Å². The highest BCUT2D eigenvalue weighted by atomic mass is 35.5. The largest absolute Gasteiger partial charge is 0.351 e. The van der Waals surface area contributed by atoms with Gasteiger partial charge in [-0.1, -0.05) is 13.0 Å². The fraction of sp³-hybridized carbons (Fsp3) is 0.533. The van der Waals surface area contributed by atoms with Gasteiger partial charge < -0.3 is 10.6 Å². The first-order chi connectivity index (χ1) is 9.00. The third kappa shape index (κ3) is 4.18. The minimum atomic E-state index is -0.335. The second-order valence-corrected chi connectivity index (χ2v) is 5.74. The summed E-state index contributed by atoms with van der Waals surface area (Å²) in [6.45, 7) is 6.43. The van der Waals surface area contributed by atoms with Crippen molar-refractivity contribution < 1.29 is 9.18 Å². The first-order valence-corrected chi connectivity index (χ1v) is 6.75. The molecule has 0 aromatic heterocycles. The van der Waals surface area contributed by atoms with E-state index in [2.05, 4.69) is 17.6 Å². The highest BCUT2D eigenvalue weighted by molar-refractivity contribution is 5.94. The summed E-state index contributed by atoms with van der Waals surface area (Å²) in [6, 6.07) is 4.59. The summed E-state index contributed by atoms with van der Waals surface area (Å²) in [7, 11) is 0. The first-order valence-electron chi connectivity index (χ1n) is 6.75. The van der Waals surface area contributed by atoms with Gasteiger partial charge in [0.25, 0.3) is 5.91 Å². The lowest BCUT2D eigenvalue weighted by Crippen LogP contribution is -2.45. The van der Waals surface area contributed by atoms with Gasteiger partial charge in [-0.05, 0) is 49.4 Å². The average molecular weight is 301 g/mol. The molecule has 0 bridgehead atoms. The van der Waals surface area contributed by atoms with Crippen molar-refractivity contribution in [2.75, 3.05) is 19.6 Å². The Bertz CT molecular complexity index is 473. The molecule has 3 nitrogen and oxygen atoms in total. The molecule has 1 unspecified atom stereocenters. The number of benzene rings is 1. The number of rotatable bonds is 3. The van der Waals surface area contributed by atoms with Gasteiger partial charge in [-0.25, -0.2) is 4.39 Å². The van der Waals surface area contributed by atoms with Crippen molar-refractivity contribution in [2.45, 2.75) is 26.7 Å². The van der Waals surface area contributed by atoms with Crippen LogP contribution in [0.1, 0.15) is 35.7 Å². The molecule has 20 heavy (non-hydrogen) atoms. The van der Waals surface area contributed by atoms with E-state index < -0.39 is 0 Å². The summed E-state index contributed by atoms with van der Waals surface area (Å²) >= 11 is 0. The number of amides is 1. The Morgan fingerprint density at radius 3 is 2.85 bits per heavy atom. The molecule has 1 aromatic carbocycles. The molecule has 1 amide bonds. The van der Waals surface area contributed by atoms with Crippen LogP contribution in [0.15, 0.2) is 18.2 Å². The summed E-state index contributed by atoms with van der Waals surface area (Å²) in [5.41, 5.74) is 1.03. The first kappa shape index (κ1) is 16.9. The number of piperidine rings is 1. The van der Waals surface area contributed by atoms with Crippen LogP contribution in [-0.4, -0.2) is 25.5 Å². The van der Waals surface area contributed by atoms with Crippen molar-refractivity contribution in [3.8, 4) is 0 Å². The van der Waals surface area contributed by atoms with Gasteiger partial charge in [0, 0.05) is 18.7 Å². The summed E-state index contributed by atoms with van der Waals surface area (Å²) in [4.78, 5) is 12.0.